The SMILES string of the molecule is O=C(NCC12CC3CC(CC(C3)C1)C2)c1cc(S(=O)C2CCNCC2)ccc1Cl. The van der Waals surface area contributed by atoms with Crippen LogP contribution in [0.3, 0.4) is 0 Å². The van der Waals surface area contributed by atoms with Gasteiger partial charge in [0.1, 0.15) is 0 Å². The molecule has 1 saturated heterocycles. The van der Waals surface area contributed by atoms with Crippen molar-refractivity contribution < 1.29 is 9.00 Å². The van der Waals surface area contributed by atoms with Crippen molar-refractivity contribution in [2.24, 2.45) is 23.2 Å². The van der Waals surface area contributed by atoms with E-state index in [1.54, 1.807) is 12.1 Å². The van der Waals surface area contributed by atoms with E-state index in [1.165, 1.54) is 38.5 Å². The summed E-state index contributed by atoms with van der Waals surface area (Å²) in [6.07, 6.45) is 9.84. The molecule has 29 heavy (non-hydrogen) atoms. The second kappa shape index (κ2) is 7.97. The van der Waals surface area contributed by atoms with Gasteiger partial charge in [-0.25, -0.2) is 0 Å². The first kappa shape index (κ1) is 20.0. The Balaban J connectivity index is 1.28. The van der Waals surface area contributed by atoms with Gasteiger partial charge >= 0.3 is 0 Å². The fourth-order valence-corrected chi connectivity index (χ4v) is 8.56. The van der Waals surface area contributed by atoms with Crippen LogP contribution >= 0.6 is 11.6 Å². The number of benzene rings is 1. The molecule has 0 aromatic heterocycles. The van der Waals surface area contributed by atoms with Crippen molar-refractivity contribution in [1.29, 1.82) is 0 Å². The fourth-order valence-electron chi connectivity index (χ4n) is 6.88. The maximum absolute atomic E-state index is 13.0. The molecule has 1 aliphatic heterocycles. The molecule has 0 spiro atoms. The molecule has 5 aliphatic rings. The van der Waals surface area contributed by atoms with E-state index in [1.807, 2.05) is 6.07 Å². The van der Waals surface area contributed by atoms with Gasteiger partial charge in [-0.05, 0) is 106 Å². The molecule has 1 atom stereocenters. The lowest BCUT2D eigenvalue weighted by Gasteiger charge is -2.56. The number of amides is 1. The molecule has 4 nitrogen and oxygen atoms in total. The zero-order valence-electron chi connectivity index (χ0n) is 16.9. The molecule has 1 amide bonds. The second-order valence-corrected chi connectivity index (χ2v) is 12.1. The number of hydrogen-bond acceptors (Lipinski definition) is 3. The molecule has 2 N–H and O–H groups in total. The first-order valence-electron chi connectivity index (χ1n) is 11.2. The predicted octanol–water partition coefficient (Wildman–Crippen LogP) is 4.15. The van der Waals surface area contributed by atoms with Crippen LogP contribution in [0.25, 0.3) is 0 Å². The van der Waals surface area contributed by atoms with E-state index >= 15 is 0 Å². The summed E-state index contributed by atoms with van der Waals surface area (Å²) in [7, 11) is -1.10. The summed E-state index contributed by atoms with van der Waals surface area (Å²) in [6.45, 7) is 2.57. The highest BCUT2D eigenvalue weighted by molar-refractivity contribution is 7.85. The van der Waals surface area contributed by atoms with E-state index in [2.05, 4.69) is 10.6 Å². The fraction of sp³-hybridized carbons (Fsp3) is 0.696. The molecule has 6 heteroatoms. The highest BCUT2D eigenvalue weighted by Crippen LogP contribution is 2.59. The van der Waals surface area contributed by atoms with Gasteiger partial charge in [0.25, 0.3) is 5.91 Å². The van der Waals surface area contributed by atoms with Crippen molar-refractivity contribution in [3.63, 3.8) is 0 Å². The summed E-state index contributed by atoms with van der Waals surface area (Å²) in [6, 6.07) is 5.31. The Kier molecular flexibility index (Phi) is 5.50. The monoisotopic (exact) mass is 434 g/mol. The summed E-state index contributed by atoms with van der Waals surface area (Å²) >= 11 is 6.37. The molecule has 4 aliphatic carbocycles. The summed E-state index contributed by atoms with van der Waals surface area (Å²) < 4.78 is 13.0. The van der Waals surface area contributed by atoms with Crippen molar-refractivity contribution in [2.45, 2.75) is 61.5 Å². The minimum atomic E-state index is -1.10. The van der Waals surface area contributed by atoms with Gasteiger partial charge in [0, 0.05) is 16.7 Å². The number of carbonyl (C=O) groups excluding carboxylic acids is 1. The van der Waals surface area contributed by atoms with Crippen LogP contribution in [0.2, 0.25) is 5.02 Å². The van der Waals surface area contributed by atoms with E-state index in [0.29, 0.717) is 16.0 Å². The van der Waals surface area contributed by atoms with E-state index in [4.69, 9.17) is 11.6 Å². The third kappa shape index (κ3) is 4.03. The molecule has 1 aromatic carbocycles. The number of nitrogens with one attached hydrogen (secondary N) is 2. The van der Waals surface area contributed by atoms with Gasteiger partial charge in [-0.15, -0.1) is 0 Å². The zero-order chi connectivity index (χ0) is 20.0. The first-order chi connectivity index (χ1) is 14.0. The average molecular weight is 435 g/mol. The minimum Gasteiger partial charge on any atom is -0.351 e. The van der Waals surface area contributed by atoms with Gasteiger partial charge in [-0.3, -0.25) is 9.00 Å². The first-order valence-corrected chi connectivity index (χ1v) is 12.8. The van der Waals surface area contributed by atoms with E-state index in [9.17, 15) is 9.00 Å². The number of piperidine rings is 1. The molecule has 1 unspecified atom stereocenters. The Morgan fingerprint density at radius 3 is 2.34 bits per heavy atom. The minimum absolute atomic E-state index is 0.116. The lowest BCUT2D eigenvalue weighted by Crippen LogP contribution is -2.51. The summed E-state index contributed by atoms with van der Waals surface area (Å²) in [4.78, 5) is 13.7. The van der Waals surface area contributed by atoms with Crippen molar-refractivity contribution in [3.8, 4) is 0 Å². The molecular formula is C23H31ClN2O2S. The lowest BCUT2D eigenvalue weighted by molar-refractivity contribution is -0.0503. The number of halogens is 1. The average Bonchev–Trinajstić information content (AvgIpc) is 2.71. The Bertz CT molecular complexity index is 786. The predicted molar refractivity (Wildman–Crippen MR) is 117 cm³/mol. The van der Waals surface area contributed by atoms with Crippen LogP contribution in [0.15, 0.2) is 23.1 Å². The van der Waals surface area contributed by atoms with Crippen LogP contribution in [0.4, 0.5) is 0 Å². The Morgan fingerprint density at radius 2 is 1.72 bits per heavy atom. The van der Waals surface area contributed by atoms with Gasteiger partial charge in [-0.1, -0.05) is 11.6 Å². The quantitative estimate of drug-likeness (QED) is 0.732. The normalized spacial score (nSPS) is 34.9. The van der Waals surface area contributed by atoms with Crippen LogP contribution in [0.5, 0.6) is 0 Å². The van der Waals surface area contributed by atoms with E-state index in [0.717, 1.165) is 55.1 Å². The topological polar surface area (TPSA) is 58.2 Å². The Labute approximate surface area is 181 Å². The smallest absolute Gasteiger partial charge is 0.252 e. The van der Waals surface area contributed by atoms with E-state index in [-0.39, 0.29) is 11.2 Å². The molecule has 1 heterocycles. The number of hydrogen-bond donors (Lipinski definition) is 2. The van der Waals surface area contributed by atoms with Crippen LogP contribution in [-0.2, 0) is 10.8 Å². The molecular weight excluding hydrogens is 404 g/mol. The van der Waals surface area contributed by atoms with Gasteiger partial charge in [-0.2, -0.15) is 0 Å². The van der Waals surface area contributed by atoms with Gasteiger partial charge in [0.2, 0.25) is 0 Å². The van der Waals surface area contributed by atoms with Gasteiger partial charge in [0.15, 0.2) is 0 Å². The Hall–Kier alpha value is -0.910. The Morgan fingerprint density at radius 1 is 1.10 bits per heavy atom. The molecule has 0 radical (unpaired) electrons. The highest BCUT2D eigenvalue weighted by atomic mass is 35.5. The standard InChI is InChI=1S/C23H31ClN2O2S/c24-21-2-1-19(29(28)18-3-5-25-6-4-18)10-20(21)22(27)26-14-23-11-15-7-16(12-23)9-17(8-15)13-23/h1-2,10,15-18,25H,3-9,11-14H2,(H,26,27). The van der Waals surface area contributed by atoms with Crippen molar-refractivity contribution in [1.82, 2.24) is 10.6 Å². The van der Waals surface area contributed by atoms with Crippen LogP contribution in [-0.4, -0.2) is 35.0 Å². The molecule has 6 rings (SSSR count). The number of rotatable bonds is 5. The highest BCUT2D eigenvalue weighted by Gasteiger charge is 2.50. The maximum Gasteiger partial charge on any atom is 0.252 e. The third-order valence-electron chi connectivity index (χ3n) is 7.79. The third-order valence-corrected chi connectivity index (χ3v) is 9.92. The number of carbonyl (C=O) groups is 1. The summed E-state index contributed by atoms with van der Waals surface area (Å²) in [5.41, 5.74) is 0.767. The van der Waals surface area contributed by atoms with Crippen molar-refractivity contribution in [3.05, 3.63) is 28.8 Å². The summed E-state index contributed by atoms with van der Waals surface area (Å²) in [5.74, 6) is 2.50. The second-order valence-electron chi connectivity index (χ2n) is 9.99. The summed E-state index contributed by atoms with van der Waals surface area (Å²) in [5, 5.41) is 7.12. The molecule has 4 bridgehead atoms. The largest absolute Gasteiger partial charge is 0.351 e. The van der Waals surface area contributed by atoms with Crippen LogP contribution in [0.1, 0.15) is 61.7 Å². The van der Waals surface area contributed by atoms with Gasteiger partial charge in [0.05, 0.1) is 21.4 Å². The van der Waals surface area contributed by atoms with Crippen LogP contribution < -0.4 is 10.6 Å². The van der Waals surface area contributed by atoms with Crippen LogP contribution in [0, 0.1) is 23.2 Å². The maximum atomic E-state index is 13.0. The zero-order valence-corrected chi connectivity index (χ0v) is 18.5. The molecule has 158 valence electrons. The molecule has 1 aromatic rings. The van der Waals surface area contributed by atoms with Crippen molar-refractivity contribution in [2.75, 3.05) is 19.6 Å². The van der Waals surface area contributed by atoms with E-state index < -0.39 is 10.8 Å². The lowest BCUT2D eigenvalue weighted by atomic mass is 9.49. The molecule has 5 fully saturated rings. The van der Waals surface area contributed by atoms with Gasteiger partial charge < -0.3 is 10.6 Å². The van der Waals surface area contributed by atoms with Crippen molar-refractivity contribution >= 4 is 28.3 Å². The molecule has 4 saturated carbocycles.